The molecule has 0 aromatic carbocycles. The first kappa shape index (κ1) is 11.7. The van der Waals surface area contributed by atoms with Gasteiger partial charge in [0.1, 0.15) is 0 Å². The van der Waals surface area contributed by atoms with Crippen LogP contribution in [0.25, 0.3) is 0 Å². The molecule has 2 fully saturated rings. The molecule has 0 saturated carbocycles. The van der Waals surface area contributed by atoms with E-state index < -0.39 is 0 Å². The van der Waals surface area contributed by atoms with Gasteiger partial charge in [0.05, 0.1) is 0 Å². The topological polar surface area (TPSA) is 13.0 Å². The van der Waals surface area contributed by atoms with Crippen molar-refractivity contribution in [2.24, 2.45) is 0 Å². The van der Waals surface area contributed by atoms with Gasteiger partial charge in [0.2, 0.25) is 0 Å². The molecule has 0 aromatic rings. The Morgan fingerprint density at radius 1 is 0.667 bits per heavy atom. The summed E-state index contributed by atoms with van der Waals surface area (Å²) in [4.78, 5) is 9.56. The van der Waals surface area contributed by atoms with Crippen molar-refractivity contribution < 1.29 is 17.1 Å². The fourth-order valence-corrected chi connectivity index (χ4v) is 4.02. The molecule has 0 spiro atoms. The van der Waals surface area contributed by atoms with Gasteiger partial charge in [-0.1, -0.05) is 0 Å². The van der Waals surface area contributed by atoms with Crippen LogP contribution in [-0.2, 0) is 17.1 Å². The molecule has 2 heterocycles. The van der Waals surface area contributed by atoms with Gasteiger partial charge in [-0.15, -0.1) is 0 Å². The maximum atomic E-state index is 2.39. The van der Waals surface area contributed by atoms with Gasteiger partial charge in [0, 0.05) is 0 Å². The fourth-order valence-electron chi connectivity index (χ4n) is 1.83. The van der Waals surface area contributed by atoms with Gasteiger partial charge in [-0.25, -0.2) is 0 Å². The molecule has 0 atom stereocenters. The average molecular weight is 303 g/mol. The fraction of sp³-hybridized carbons (Fsp3) is 0.800. The van der Waals surface area contributed by atoms with E-state index in [1.165, 1.54) is 34.6 Å². The molecule has 2 aliphatic rings. The van der Waals surface area contributed by atoms with Gasteiger partial charge in [-0.05, 0) is 0 Å². The first-order valence-electron chi connectivity index (χ1n) is 5.26. The second kappa shape index (κ2) is 4.62. The summed E-state index contributed by atoms with van der Waals surface area (Å²) in [5, 5.41) is 0. The van der Waals surface area contributed by atoms with E-state index in [9.17, 15) is 0 Å². The van der Waals surface area contributed by atoms with Crippen LogP contribution in [0.2, 0.25) is 0 Å². The Balaban J connectivity index is 2.36. The van der Waals surface area contributed by atoms with Gasteiger partial charge in [-0.3, -0.25) is 0 Å². The van der Waals surface area contributed by atoms with Crippen LogP contribution in [0.4, 0.5) is 0 Å². The Kier molecular flexibility index (Phi) is 3.61. The number of hydrogen-bond acceptors (Lipinski definition) is 4. The molecule has 0 N–H and O–H groups in total. The van der Waals surface area contributed by atoms with Crippen molar-refractivity contribution in [3.05, 3.63) is 0 Å². The molecule has 0 aliphatic carbocycles. The number of hydrogen-bond donors (Lipinski definition) is 0. The Morgan fingerprint density at radius 2 is 0.933 bits per heavy atom. The van der Waals surface area contributed by atoms with Crippen molar-refractivity contribution >= 4 is 8.46 Å². The Labute approximate surface area is 99.6 Å². The van der Waals surface area contributed by atoms with E-state index >= 15 is 0 Å². The minimum atomic E-state index is 0.581. The molecule has 0 unspecified atom stereocenters. The van der Waals surface area contributed by atoms with E-state index in [4.69, 9.17) is 0 Å². The molecule has 4 nitrogen and oxygen atoms in total. The summed E-state index contributed by atoms with van der Waals surface area (Å²) >= 11 is 0.581. The van der Waals surface area contributed by atoms with Crippen LogP contribution in [-0.4, -0.2) is 82.4 Å². The Morgan fingerprint density at radius 3 is 1.20 bits per heavy atom. The van der Waals surface area contributed by atoms with Crippen molar-refractivity contribution in [2.45, 2.75) is 0 Å². The van der Waals surface area contributed by atoms with E-state index in [0.717, 1.165) is 0 Å². The summed E-state index contributed by atoms with van der Waals surface area (Å²) in [5.41, 5.74) is 0. The zero-order valence-electron chi connectivity index (χ0n) is 9.93. The molecular formula is C10H20N4Pd. The van der Waals surface area contributed by atoms with Crippen LogP contribution in [0.1, 0.15) is 0 Å². The van der Waals surface area contributed by atoms with Crippen LogP contribution in [0.15, 0.2) is 0 Å². The van der Waals surface area contributed by atoms with Gasteiger partial charge in [0.15, 0.2) is 0 Å². The summed E-state index contributed by atoms with van der Waals surface area (Å²) in [5.74, 6) is 0. The van der Waals surface area contributed by atoms with Crippen molar-refractivity contribution in [3.8, 4) is 0 Å². The molecule has 2 rings (SSSR count). The molecule has 5 heteroatoms. The summed E-state index contributed by atoms with van der Waals surface area (Å²) in [6.07, 6.45) is 0. The van der Waals surface area contributed by atoms with Crippen LogP contribution in [0.5, 0.6) is 0 Å². The third-order valence-electron chi connectivity index (χ3n) is 2.85. The van der Waals surface area contributed by atoms with E-state index in [1.807, 2.05) is 0 Å². The first-order valence-corrected chi connectivity index (χ1v) is 6.82. The van der Waals surface area contributed by atoms with Crippen LogP contribution >= 0.6 is 0 Å². The quantitative estimate of drug-likeness (QED) is 0.532. The Hall–Kier alpha value is 0.242. The molecule has 15 heavy (non-hydrogen) atoms. The predicted molar refractivity (Wildman–Crippen MR) is 60.5 cm³/mol. The molecule has 90 valence electrons. The van der Waals surface area contributed by atoms with E-state index in [2.05, 4.69) is 47.8 Å². The zero-order valence-corrected chi connectivity index (χ0v) is 11.5. The molecule has 0 amide bonds. The average Bonchev–Trinajstić information content (AvgIpc) is 2.67. The number of likely N-dealkylation sites (N-methyl/N-ethyl adjacent to an activating group) is 4. The SMILES string of the molecule is CN1CCN(C)[C]1=[Pd]=[C]1N(C)CCN1C. The summed E-state index contributed by atoms with van der Waals surface area (Å²) in [6.45, 7) is 4.69. The Bertz CT molecular complexity index is 269. The van der Waals surface area contributed by atoms with Gasteiger partial charge in [0.25, 0.3) is 0 Å². The molecule has 0 bridgehead atoms. The molecule has 0 aromatic heterocycles. The standard InChI is InChI=1S/2C5H10N2.Pd/c2*1-6-3-4-7(2)5-6;/h2*3-4H2,1-2H3;. The van der Waals surface area contributed by atoms with Crippen LogP contribution < -0.4 is 0 Å². The monoisotopic (exact) mass is 302 g/mol. The molecule has 2 saturated heterocycles. The summed E-state index contributed by atoms with van der Waals surface area (Å²) in [7, 11) is 8.81. The predicted octanol–water partition coefficient (Wildman–Crippen LogP) is -1.00. The summed E-state index contributed by atoms with van der Waals surface area (Å²) < 4.78 is 3.00. The second-order valence-electron chi connectivity index (χ2n) is 4.25. The third-order valence-corrected chi connectivity index (χ3v) is 5.92. The third kappa shape index (κ3) is 2.33. The normalized spacial score (nSPS) is 27.5. The molecule has 2 aliphatic heterocycles. The van der Waals surface area contributed by atoms with Crippen molar-refractivity contribution in [1.29, 1.82) is 0 Å². The maximum absolute atomic E-state index is 2.39. The number of rotatable bonds is 0. The van der Waals surface area contributed by atoms with E-state index in [1.54, 1.807) is 0 Å². The minimum absolute atomic E-state index is 0.581. The van der Waals surface area contributed by atoms with Gasteiger partial charge in [-0.2, -0.15) is 0 Å². The number of nitrogens with zero attached hydrogens (tertiary/aromatic N) is 4. The van der Waals surface area contributed by atoms with Crippen molar-refractivity contribution in [2.75, 3.05) is 54.4 Å². The van der Waals surface area contributed by atoms with Crippen molar-refractivity contribution in [3.63, 3.8) is 0 Å². The molecule has 0 radical (unpaired) electrons. The van der Waals surface area contributed by atoms with Crippen LogP contribution in [0.3, 0.4) is 0 Å². The van der Waals surface area contributed by atoms with Gasteiger partial charge >= 0.3 is 99.5 Å². The molecular weight excluding hydrogens is 283 g/mol. The van der Waals surface area contributed by atoms with E-state index in [0.29, 0.717) is 17.1 Å². The van der Waals surface area contributed by atoms with Crippen molar-refractivity contribution in [1.82, 2.24) is 19.6 Å². The van der Waals surface area contributed by atoms with E-state index in [-0.39, 0.29) is 0 Å². The zero-order chi connectivity index (χ0) is 11.0. The first-order chi connectivity index (χ1) is 7.09. The summed E-state index contributed by atoms with van der Waals surface area (Å²) in [6, 6.07) is 0. The van der Waals surface area contributed by atoms with Crippen LogP contribution in [0, 0.1) is 0 Å². The second-order valence-corrected chi connectivity index (χ2v) is 6.03. The van der Waals surface area contributed by atoms with Gasteiger partial charge < -0.3 is 0 Å².